The number of anilines is 1. The minimum Gasteiger partial charge on any atom is -0.353 e. The number of hydrogen-bond donors (Lipinski definition) is 1. The first kappa shape index (κ1) is 15.8. The van der Waals surface area contributed by atoms with Gasteiger partial charge < -0.3 is 10.2 Å². The van der Waals surface area contributed by atoms with Crippen LogP contribution in [0.1, 0.15) is 43.5 Å². The number of hydrogen-bond acceptors (Lipinski definition) is 4. The van der Waals surface area contributed by atoms with Crippen molar-refractivity contribution in [1.29, 1.82) is 5.26 Å². The summed E-state index contributed by atoms with van der Waals surface area (Å²) in [7, 11) is 0. The number of nitriles is 1. The van der Waals surface area contributed by atoms with Gasteiger partial charge >= 0.3 is 0 Å². The molecular weight excluding hydrogens is 260 g/mol. The second kappa shape index (κ2) is 6.91. The van der Waals surface area contributed by atoms with Crippen molar-refractivity contribution in [3.8, 4) is 6.07 Å². The molecule has 0 amide bonds. The molecule has 4 heteroatoms. The number of rotatable bonds is 4. The van der Waals surface area contributed by atoms with Gasteiger partial charge in [0.05, 0.1) is 5.56 Å². The van der Waals surface area contributed by atoms with Crippen molar-refractivity contribution in [3.05, 3.63) is 22.9 Å². The molecule has 21 heavy (non-hydrogen) atoms. The Morgan fingerprint density at radius 1 is 1.48 bits per heavy atom. The van der Waals surface area contributed by atoms with Gasteiger partial charge in [-0.2, -0.15) is 5.26 Å². The maximum Gasteiger partial charge on any atom is 0.147 e. The van der Waals surface area contributed by atoms with Crippen molar-refractivity contribution in [3.63, 3.8) is 0 Å². The highest BCUT2D eigenvalue weighted by atomic mass is 15.2. The van der Waals surface area contributed by atoms with Gasteiger partial charge in [-0.3, -0.25) is 0 Å². The maximum atomic E-state index is 9.50. The highest BCUT2D eigenvalue weighted by Gasteiger charge is 2.23. The Labute approximate surface area is 128 Å². The number of nitrogens with zero attached hydrogens (tertiary/aromatic N) is 3. The van der Waals surface area contributed by atoms with E-state index in [1.165, 1.54) is 12.8 Å². The molecule has 2 heterocycles. The summed E-state index contributed by atoms with van der Waals surface area (Å²) in [5.41, 5.74) is 2.72. The molecule has 1 fully saturated rings. The summed E-state index contributed by atoms with van der Waals surface area (Å²) < 4.78 is 0. The molecule has 4 nitrogen and oxygen atoms in total. The largest absolute Gasteiger partial charge is 0.353 e. The molecule has 1 unspecified atom stereocenters. The van der Waals surface area contributed by atoms with E-state index in [0.29, 0.717) is 12.0 Å². The first-order chi connectivity index (χ1) is 10.0. The summed E-state index contributed by atoms with van der Waals surface area (Å²) in [6, 6.07) is 4.67. The summed E-state index contributed by atoms with van der Waals surface area (Å²) in [5, 5.41) is 13.0. The van der Waals surface area contributed by atoms with Crippen LogP contribution in [0.2, 0.25) is 0 Å². The molecule has 1 aliphatic rings. The molecule has 2 rings (SSSR count). The Morgan fingerprint density at radius 3 is 2.81 bits per heavy atom. The zero-order valence-corrected chi connectivity index (χ0v) is 13.6. The molecule has 0 spiro atoms. The zero-order valence-electron chi connectivity index (χ0n) is 13.6. The fraction of sp³-hybridized carbons (Fsp3) is 0.647. The molecule has 1 N–H and O–H groups in total. The Bertz CT molecular complexity index is 524. The van der Waals surface area contributed by atoms with E-state index in [4.69, 9.17) is 0 Å². The first-order valence-electron chi connectivity index (χ1n) is 7.88. The Kier molecular flexibility index (Phi) is 5.19. The summed E-state index contributed by atoms with van der Waals surface area (Å²) >= 11 is 0. The summed E-state index contributed by atoms with van der Waals surface area (Å²) in [4.78, 5) is 6.98. The van der Waals surface area contributed by atoms with Crippen LogP contribution in [-0.4, -0.2) is 30.7 Å². The third-order valence-corrected chi connectivity index (χ3v) is 4.19. The van der Waals surface area contributed by atoms with Crippen LogP contribution in [0.15, 0.2) is 6.07 Å². The van der Waals surface area contributed by atoms with Crippen LogP contribution in [0.4, 0.5) is 5.82 Å². The molecule has 1 aromatic rings. The monoisotopic (exact) mass is 286 g/mol. The number of nitrogens with one attached hydrogen (secondary N) is 1. The molecule has 1 saturated heterocycles. The van der Waals surface area contributed by atoms with Gasteiger partial charge in [-0.1, -0.05) is 0 Å². The van der Waals surface area contributed by atoms with Gasteiger partial charge in [0, 0.05) is 18.3 Å². The van der Waals surface area contributed by atoms with Crippen LogP contribution in [0, 0.1) is 31.1 Å². The molecule has 1 aliphatic heterocycles. The number of piperidine rings is 1. The maximum absolute atomic E-state index is 9.50. The van der Waals surface area contributed by atoms with Crippen LogP contribution >= 0.6 is 0 Å². The number of aromatic nitrogens is 1. The molecule has 1 atom stereocenters. The Morgan fingerprint density at radius 2 is 2.24 bits per heavy atom. The molecule has 0 aromatic carbocycles. The van der Waals surface area contributed by atoms with Gasteiger partial charge in [-0.25, -0.2) is 4.98 Å². The minimum absolute atomic E-state index is 0.340. The Hall–Kier alpha value is -1.60. The van der Waals surface area contributed by atoms with Gasteiger partial charge in [0.2, 0.25) is 0 Å². The molecular formula is C17H26N4. The van der Waals surface area contributed by atoms with E-state index in [9.17, 15) is 5.26 Å². The van der Waals surface area contributed by atoms with Crippen molar-refractivity contribution in [2.75, 3.05) is 24.5 Å². The van der Waals surface area contributed by atoms with Crippen molar-refractivity contribution >= 4 is 5.82 Å². The average molecular weight is 286 g/mol. The molecule has 0 aliphatic carbocycles. The number of pyridine rings is 1. The van der Waals surface area contributed by atoms with Crippen LogP contribution in [0.3, 0.4) is 0 Å². The third-order valence-electron chi connectivity index (χ3n) is 4.19. The van der Waals surface area contributed by atoms with E-state index < -0.39 is 0 Å². The molecule has 0 radical (unpaired) electrons. The minimum atomic E-state index is 0.340. The summed E-state index contributed by atoms with van der Waals surface area (Å²) in [5.74, 6) is 1.49. The topological polar surface area (TPSA) is 52.0 Å². The Balaban J connectivity index is 2.31. The molecule has 114 valence electrons. The van der Waals surface area contributed by atoms with Crippen molar-refractivity contribution < 1.29 is 0 Å². The smallest absolute Gasteiger partial charge is 0.147 e. The van der Waals surface area contributed by atoms with Crippen LogP contribution in [0.5, 0.6) is 0 Å². The standard InChI is InChI=1S/C17H26N4/c1-12(2)21(11-15-6-5-7-19-10-15)17-16(9-18)13(3)8-14(4)20-17/h8,12,15,19H,5-7,10-11H2,1-4H3. The van der Waals surface area contributed by atoms with Crippen LogP contribution < -0.4 is 10.2 Å². The van der Waals surface area contributed by atoms with E-state index in [1.54, 1.807) is 0 Å². The fourth-order valence-electron chi connectivity index (χ4n) is 3.06. The van der Waals surface area contributed by atoms with E-state index in [-0.39, 0.29) is 0 Å². The highest BCUT2D eigenvalue weighted by molar-refractivity contribution is 5.58. The zero-order chi connectivity index (χ0) is 15.4. The second-order valence-electron chi connectivity index (χ2n) is 6.35. The van der Waals surface area contributed by atoms with E-state index in [2.05, 4.69) is 35.1 Å². The fourth-order valence-corrected chi connectivity index (χ4v) is 3.06. The molecule has 0 saturated carbocycles. The quantitative estimate of drug-likeness (QED) is 0.924. The van der Waals surface area contributed by atoms with E-state index in [0.717, 1.165) is 42.3 Å². The van der Waals surface area contributed by atoms with E-state index >= 15 is 0 Å². The number of aryl methyl sites for hydroxylation is 2. The predicted octanol–water partition coefficient (Wildman–Crippen LogP) is 2.78. The highest BCUT2D eigenvalue weighted by Crippen LogP contribution is 2.25. The SMILES string of the molecule is Cc1cc(C)c(C#N)c(N(CC2CCCNC2)C(C)C)n1. The van der Waals surface area contributed by atoms with E-state index in [1.807, 2.05) is 19.9 Å². The summed E-state index contributed by atoms with van der Waals surface area (Å²) in [6.07, 6.45) is 2.49. The van der Waals surface area contributed by atoms with Gasteiger partial charge in [0.25, 0.3) is 0 Å². The lowest BCUT2D eigenvalue weighted by Crippen LogP contribution is -2.42. The van der Waals surface area contributed by atoms with Crippen LogP contribution in [0.25, 0.3) is 0 Å². The van der Waals surface area contributed by atoms with Crippen molar-refractivity contribution in [2.24, 2.45) is 5.92 Å². The van der Waals surface area contributed by atoms with Gasteiger partial charge in [0.15, 0.2) is 0 Å². The lowest BCUT2D eigenvalue weighted by molar-refractivity contribution is 0.370. The second-order valence-corrected chi connectivity index (χ2v) is 6.35. The summed E-state index contributed by atoms with van der Waals surface area (Å²) in [6.45, 7) is 11.5. The lowest BCUT2D eigenvalue weighted by atomic mass is 9.98. The van der Waals surface area contributed by atoms with Gasteiger partial charge in [0.1, 0.15) is 11.9 Å². The lowest BCUT2D eigenvalue weighted by Gasteiger charge is -2.34. The van der Waals surface area contributed by atoms with Crippen molar-refractivity contribution in [2.45, 2.75) is 46.6 Å². The van der Waals surface area contributed by atoms with Gasteiger partial charge in [-0.05, 0) is 71.2 Å². The third kappa shape index (κ3) is 3.74. The first-order valence-corrected chi connectivity index (χ1v) is 7.88. The molecule has 0 bridgehead atoms. The normalized spacial score (nSPS) is 18.6. The predicted molar refractivity (Wildman–Crippen MR) is 86.5 cm³/mol. The van der Waals surface area contributed by atoms with Crippen molar-refractivity contribution in [1.82, 2.24) is 10.3 Å². The average Bonchev–Trinajstić information content (AvgIpc) is 2.45. The van der Waals surface area contributed by atoms with Crippen LogP contribution in [-0.2, 0) is 0 Å². The molecule has 1 aromatic heterocycles. The van der Waals surface area contributed by atoms with Gasteiger partial charge in [-0.15, -0.1) is 0 Å².